The fourth-order valence-corrected chi connectivity index (χ4v) is 3.63. The maximum atomic E-state index is 13.3. The molecular weight excluding hydrogens is 364 g/mol. The van der Waals surface area contributed by atoms with Gasteiger partial charge in [0.05, 0.1) is 36.7 Å². The Labute approximate surface area is 158 Å². The number of carbonyl (C=O) groups is 1. The van der Waals surface area contributed by atoms with E-state index in [4.69, 9.17) is 9.84 Å². The molecule has 2 aromatic heterocycles. The number of anilines is 1. The molecule has 10 nitrogen and oxygen atoms in total. The Morgan fingerprint density at radius 3 is 2.54 bits per heavy atom. The maximum Gasteiger partial charge on any atom is 0.358 e. The van der Waals surface area contributed by atoms with E-state index in [-0.39, 0.29) is 16.7 Å². The van der Waals surface area contributed by atoms with Crippen molar-refractivity contribution in [1.82, 2.24) is 24.8 Å². The highest BCUT2D eigenvalue weighted by molar-refractivity contribution is 5.84. The first kappa shape index (κ1) is 16.6. The highest BCUT2D eigenvalue weighted by atomic mass is 16.5. The summed E-state index contributed by atoms with van der Waals surface area (Å²) in [5, 5.41) is 20.9. The lowest BCUT2D eigenvalue weighted by Crippen LogP contribution is -2.67. The summed E-state index contributed by atoms with van der Waals surface area (Å²) in [7, 11) is 0. The molecule has 0 bridgehead atoms. The van der Waals surface area contributed by atoms with Gasteiger partial charge in [-0.15, -0.1) is 5.10 Å². The SMILES string of the molecule is O=C(O)c1cn(-c2cnn(-c3ccccc3)c(=O)c2N2CC3(COC3)C2)nn1. The Kier molecular flexibility index (Phi) is 3.56. The van der Waals surface area contributed by atoms with Gasteiger partial charge in [0.2, 0.25) is 0 Å². The van der Waals surface area contributed by atoms with Crippen LogP contribution >= 0.6 is 0 Å². The lowest BCUT2D eigenvalue weighted by molar-refractivity contribution is -0.127. The van der Waals surface area contributed by atoms with Gasteiger partial charge < -0.3 is 14.7 Å². The van der Waals surface area contributed by atoms with E-state index in [0.29, 0.717) is 43.4 Å². The van der Waals surface area contributed by atoms with Crippen LogP contribution in [0.15, 0.2) is 47.5 Å². The molecule has 4 heterocycles. The molecule has 0 atom stereocenters. The standard InChI is InChI=1S/C18H16N6O4/c25-16-15(22-8-18(9-22)10-28-11-18)14(23-7-13(17(26)27)20-21-23)6-19-24(16)12-4-2-1-3-5-12/h1-7H,8-11H2,(H,26,27). The van der Waals surface area contributed by atoms with E-state index >= 15 is 0 Å². The average Bonchev–Trinajstić information content (AvgIpc) is 3.11. The molecule has 0 unspecified atom stereocenters. The minimum atomic E-state index is -1.19. The summed E-state index contributed by atoms with van der Waals surface area (Å²) >= 11 is 0. The van der Waals surface area contributed by atoms with E-state index in [2.05, 4.69) is 15.4 Å². The van der Waals surface area contributed by atoms with Crippen molar-refractivity contribution in [2.75, 3.05) is 31.2 Å². The van der Waals surface area contributed by atoms with Crippen molar-refractivity contribution in [2.24, 2.45) is 5.41 Å². The van der Waals surface area contributed by atoms with Gasteiger partial charge in [-0.2, -0.15) is 9.78 Å². The van der Waals surface area contributed by atoms with Crippen LogP contribution in [-0.4, -0.2) is 62.2 Å². The molecule has 2 fully saturated rings. The molecule has 5 rings (SSSR count). The smallest absolute Gasteiger partial charge is 0.358 e. The summed E-state index contributed by atoms with van der Waals surface area (Å²) < 4.78 is 7.93. The van der Waals surface area contributed by atoms with Crippen LogP contribution in [0.2, 0.25) is 0 Å². The van der Waals surface area contributed by atoms with E-state index in [1.165, 1.54) is 21.8 Å². The molecule has 142 valence electrons. The topological polar surface area (TPSA) is 115 Å². The number of carboxylic acids is 1. The van der Waals surface area contributed by atoms with E-state index in [9.17, 15) is 9.59 Å². The van der Waals surface area contributed by atoms with E-state index in [1.54, 1.807) is 12.1 Å². The molecule has 1 aromatic carbocycles. The number of para-hydroxylation sites is 1. The van der Waals surface area contributed by atoms with Crippen LogP contribution in [0.4, 0.5) is 5.69 Å². The molecule has 10 heteroatoms. The Morgan fingerprint density at radius 1 is 1.18 bits per heavy atom. The number of ether oxygens (including phenoxy) is 1. The Balaban J connectivity index is 1.63. The third-order valence-electron chi connectivity index (χ3n) is 5.08. The van der Waals surface area contributed by atoms with Crippen LogP contribution in [0.5, 0.6) is 0 Å². The number of aromatic carboxylic acids is 1. The number of benzene rings is 1. The van der Waals surface area contributed by atoms with Crippen LogP contribution in [-0.2, 0) is 4.74 Å². The Hall–Kier alpha value is -3.53. The van der Waals surface area contributed by atoms with Gasteiger partial charge >= 0.3 is 5.97 Å². The first-order valence-electron chi connectivity index (χ1n) is 8.73. The number of hydrogen-bond donors (Lipinski definition) is 1. The zero-order valence-corrected chi connectivity index (χ0v) is 14.7. The zero-order chi connectivity index (χ0) is 19.3. The van der Waals surface area contributed by atoms with Crippen LogP contribution in [0.1, 0.15) is 10.5 Å². The lowest BCUT2D eigenvalue weighted by atomic mass is 9.78. The van der Waals surface area contributed by atoms with Crippen LogP contribution in [0.3, 0.4) is 0 Å². The van der Waals surface area contributed by atoms with Crippen LogP contribution in [0.25, 0.3) is 11.4 Å². The summed E-state index contributed by atoms with van der Waals surface area (Å²) in [6.45, 7) is 2.75. The number of aromatic nitrogens is 5. The van der Waals surface area contributed by atoms with E-state index < -0.39 is 5.97 Å². The van der Waals surface area contributed by atoms with Crippen molar-refractivity contribution in [1.29, 1.82) is 0 Å². The molecule has 28 heavy (non-hydrogen) atoms. The second-order valence-corrected chi connectivity index (χ2v) is 7.13. The van der Waals surface area contributed by atoms with Crippen molar-refractivity contribution >= 4 is 11.7 Å². The normalized spacial score (nSPS) is 17.2. The molecule has 0 aliphatic carbocycles. The van der Waals surface area contributed by atoms with Crippen molar-refractivity contribution < 1.29 is 14.6 Å². The third kappa shape index (κ3) is 2.49. The van der Waals surface area contributed by atoms with Gasteiger partial charge in [-0.3, -0.25) is 4.79 Å². The number of rotatable bonds is 4. The van der Waals surface area contributed by atoms with Gasteiger partial charge in [0.1, 0.15) is 11.4 Å². The van der Waals surface area contributed by atoms with Crippen molar-refractivity contribution in [2.45, 2.75) is 0 Å². The van der Waals surface area contributed by atoms with Gasteiger partial charge in [0.15, 0.2) is 5.69 Å². The summed E-state index contributed by atoms with van der Waals surface area (Å²) in [5.74, 6) is -1.19. The fraction of sp³-hybridized carbons (Fsp3) is 0.278. The van der Waals surface area contributed by atoms with Gasteiger partial charge in [0.25, 0.3) is 5.56 Å². The van der Waals surface area contributed by atoms with Gasteiger partial charge in [-0.05, 0) is 12.1 Å². The monoisotopic (exact) mass is 380 g/mol. The summed E-state index contributed by atoms with van der Waals surface area (Å²) in [6.07, 6.45) is 2.78. The molecule has 2 saturated heterocycles. The molecule has 2 aliphatic rings. The first-order valence-corrected chi connectivity index (χ1v) is 8.73. The molecule has 2 aliphatic heterocycles. The highest BCUT2D eigenvalue weighted by Crippen LogP contribution is 2.40. The molecule has 1 spiro atoms. The minimum Gasteiger partial charge on any atom is -0.476 e. The van der Waals surface area contributed by atoms with Gasteiger partial charge in [-0.25, -0.2) is 9.48 Å². The van der Waals surface area contributed by atoms with E-state index in [1.807, 2.05) is 23.1 Å². The van der Waals surface area contributed by atoms with E-state index in [0.717, 1.165) is 0 Å². The molecule has 3 aromatic rings. The van der Waals surface area contributed by atoms with Crippen molar-refractivity contribution in [3.63, 3.8) is 0 Å². The number of hydrogen-bond acceptors (Lipinski definition) is 7. The Bertz CT molecular complexity index is 1110. The minimum absolute atomic E-state index is 0.0964. The second-order valence-electron chi connectivity index (χ2n) is 7.13. The summed E-state index contributed by atoms with van der Waals surface area (Å²) in [5.41, 5.74) is 1.05. The van der Waals surface area contributed by atoms with Crippen molar-refractivity contribution in [3.8, 4) is 11.4 Å². The van der Waals surface area contributed by atoms with Gasteiger partial charge in [0, 0.05) is 13.1 Å². The summed E-state index contributed by atoms with van der Waals surface area (Å²) in [4.78, 5) is 26.4. The van der Waals surface area contributed by atoms with Gasteiger partial charge in [-0.1, -0.05) is 23.4 Å². The van der Waals surface area contributed by atoms with Crippen LogP contribution < -0.4 is 10.5 Å². The number of carboxylic acid groups (broad SMARTS) is 1. The number of nitrogens with zero attached hydrogens (tertiary/aromatic N) is 6. The predicted molar refractivity (Wildman–Crippen MR) is 97.2 cm³/mol. The highest BCUT2D eigenvalue weighted by Gasteiger charge is 2.50. The molecule has 0 radical (unpaired) electrons. The molecule has 0 saturated carbocycles. The predicted octanol–water partition coefficient (Wildman–Crippen LogP) is 0.348. The van der Waals surface area contributed by atoms with Crippen LogP contribution in [0, 0.1) is 5.41 Å². The molecular formula is C18H16N6O4. The van der Waals surface area contributed by atoms with Crippen molar-refractivity contribution in [3.05, 3.63) is 58.8 Å². The first-order chi connectivity index (χ1) is 13.6. The largest absolute Gasteiger partial charge is 0.476 e. The third-order valence-corrected chi connectivity index (χ3v) is 5.08. The maximum absolute atomic E-state index is 13.3. The summed E-state index contributed by atoms with van der Waals surface area (Å²) in [6, 6.07) is 9.12. The molecule has 1 N–H and O–H groups in total. The fourth-order valence-electron chi connectivity index (χ4n) is 3.63. The second kappa shape index (κ2) is 5.99. The zero-order valence-electron chi connectivity index (χ0n) is 14.7. The quantitative estimate of drug-likeness (QED) is 0.689. The lowest BCUT2D eigenvalue weighted by Gasteiger charge is -2.55. The average molecular weight is 380 g/mol. The Morgan fingerprint density at radius 2 is 1.93 bits per heavy atom. The molecule has 0 amide bonds.